The third kappa shape index (κ3) is 5.53. The normalized spacial score (nSPS) is 10.8. The third-order valence-corrected chi connectivity index (χ3v) is 4.57. The van der Waals surface area contributed by atoms with Crippen LogP contribution in [0, 0.1) is 11.6 Å². The van der Waals surface area contributed by atoms with Gasteiger partial charge in [-0.2, -0.15) is 0 Å². The number of benzene rings is 1. The van der Waals surface area contributed by atoms with Gasteiger partial charge in [-0.3, -0.25) is 9.69 Å². The second-order valence-electron chi connectivity index (χ2n) is 4.84. The van der Waals surface area contributed by atoms with Crippen molar-refractivity contribution in [3.8, 4) is 0 Å². The summed E-state index contributed by atoms with van der Waals surface area (Å²) >= 11 is 4.97. The Morgan fingerprint density at radius 2 is 2.13 bits per heavy atom. The van der Waals surface area contributed by atoms with Crippen molar-refractivity contribution in [1.29, 1.82) is 0 Å². The van der Waals surface area contributed by atoms with E-state index < -0.39 is 17.5 Å². The van der Waals surface area contributed by atoms with Gasteiger partial charge in [-0.05, 0) is 40.2 Å². The fourth-order valence-corrected chi connectivity index (χ4v) is 3.54. The molecule has 0 radical (unpaired) electrons. The van der Waals surface area contributed by atoms with E-state index in [0.717, 1.165) is 26.9 Å². The Morgan fingerprint density at radius 3 is 2.78 bits per heavy atom. The molecule has 1 heterocycles. The molecule has 1 amide bonds. The highest BCUT2D eigenvalue weighted by molar-refractivity contribution is 9.11. The summed E-state index contributed by atoms with van der Waals surface area (Å²) in [6.45, 7) is 4.81. The van der Waals surface area contributed by atoms with E-state index in [1.165, 1.54) is 0 Å². The minimum Gasteiger partial charge on any atom is -0.322 e. The zero-order valence-electron chi connectivity index (χ0n) is 12.2. The number of amides is 1. The molecular formula is C16H15BrF2N2OS. The van der Waals surface area contributed by atoms with Crippen molar-refractivity contribution >= 4 is 38.9 Å². The first-order valence-corrected chi connectivity index (χ1v) is 8.41. The topological polar surface area (TPSA) is 32.3 Å². The molecule has 0 saturated carbocycles. The number of halogens is 3. The number of hydrogen-bond donors (Lipinski definition) is 1. The summed E-state index contributed by atoms with van der Waals surface area (Å²) in [5.41, 5.74) is -0.160. The van der Waals surface area contributed by atoms with Gasteiger partial charge < -0.3 is 5.32 Å². The highest BCUT2D eigenvalue weighted by Gasteiger charge is 2.13. The predicted molar refractivity (Wildman–Crippen MR) is 92.5 cm³/mol. The van der Waals surface area contributed by atoms with Crippen LogP contribution in [0.3, 0.4) is 0 Å². The molecule has 0 atom stereocenters. The Labute approximate surface area is 145 Å². The molecule has 0 bridgehead atoms. The van der Waals surface area contributed by atoms with Gasteiger partial charge in [-0.1, -0.05) is 6.08 Å². The quantitative estimate of drug-likeness (QED) is 0.697. The van der Waals surface area contributed by atoms with E-state index in [9.17, 15) is 13.6 Å². The monoisotopic (exact) mass is 400 g/mol. The van der Waals surface area contributed by atoms with E-state index in [0.29, 0.717) is 13.1 Å². The summed E-state index contributed by atoms with van der Waals surface area (Å²) in [6, 6.07) is 6.85. The van der Waals surface area contributed by atoms with Crippen LogP contribution < -0.4 is 5.32 Å². The molecular weight excluding hydrogens is 386 g/mol. The van der Waals surface area contributed by atoms with Gasteiger partial charge in [-0.25, -0.2) is 8.78 Å². The molecule has 3 nitrogen and oxygen atoms in total. The summed E-state index contributed by atoms with van der Waals surface area (Å²) in [4.78, 5) is 15.0. The van der Waals surface area contributed by atoms with Gasteiger partial charge >= 0.3 is 0 Å². The Bertz CT molecular complexity index is 705. The molecule has 1 aromatic heterocycles. The molecule has 23 heavy (non-hydrogen) atoms. The number of carbonyl (C=O) groups excluding carboxylic acids is 1. The number of rotatable bonds is 7. The lowest BCUT2D eigenvalue weighted by Gasteiger charge is -2.19. The first-order valence-electron chi connectivity index (χ1n) is 6.80. The van der Waals surface area contributed by atoms with Crippen molar-refractivity contribution in [2.75, 3.05) is 18.4 Å². The zero-order valence-corrected chi connectivity index (χ0v) is 14.6. The van der Waals surface area contributed by atoms with E-state index in [2.05, 4.69) is 27.8 Å². The molecule has 2 rings (SSSR count). The van der Waals surface area contributed by atoms with E-state index in [4.69, 9.17) is 0 Å². The van der Waals surface area contributed by atoms with Crippen LogP contribution in [0.4, 0.5) is 14.5 Å². The predicted octanol–water partition coefficient (Wildman–Crippen LogP) is 4.42. The van der Waals surface area contributed by atoms with Crippen LogP contribution in [0.2, 0.25) is 0 Å². The largest absolute Gasteiger partial charge is 0.322 e. The summed E-state index contributed by atoms with van der Waals surface area (Å²) < 4.78 is 27.7. The minimum atomic E-state index is -0.669. The maximum absolute atomic E-state index is 13.6. The van der Waals surface area contributed by atoms with Crippen LogP contribution >= 0.6 is 27.3 Å². The average molecular weight is 401 g/mol. The second kappa shape index (κ2) is 8.33. The number of thiophene rings is 1. The van der Waals surface area contributed by atoms with Crippen LogP contribution in [0.1, 0.15) is 4.88 Å². The minimum absolute atomic E-state index is 0.0531. The standard InChI is InChI=1S/C16H15BrF2N2OS/c1-2-7-21(9-12-4-6-15(17)23-12)10-16(22)20-14-8-11(18)3-5-13(14)19/h2-6,8H,1,7,9-10H2,(H,20,22). The summed E-state index contributed by atoms with van der Waals surface area (Å²) in [7, 11) is 0. The van der Waals surface area contributed by atoms with Crippen LogP contribution in [-0.4, -0.2) is 23.9 Å². The van der Waals surface area contributed by atoms with Gasteiger partial charge in [0.1, 0.15) is 11.6 Å². The maximum Gasteiger partial charge on any atom is 0.238 e. The van der Waals surface area contributed by atoms with E-state index >= 15 is 0 Å². The van der Waals surface area contributed by atoms with Gasteiger partial charge in [0.2, 0.25) is 5.91 Å². The molecule has 0 aliphatic rings. The van der Waals surface area contributed by atoms with E-state index in [1.54, 1.807) is 17.4 Å². The zero-order chi connectivity index (χ0) is 16.8. The molecule has 1 aromatic carbocycles. The lowest BCUT2D eigenvalue weighted by atomic mass is 10.3. The van der Waals surface area contributed by atoms with Gasteiger partial charge in [0, 0.05) is 24.0 Å². The van der Waals surface area contributed by atoms with Crippen LogP contribution in [0.25, 0.3) is 0 Å². The molecule has 0 spiro atoms. The molecule has 0 aliphatic carbocycles. The maximum atomic E-state index is 13.6. The molecule has 0 unspecified atom stereocenters. The van der Waals surface area contributed by atoms with Crippen molar-refractivity contribution in [3.05, 3.63) is 63.3 Å². The number of hydrogen-bond acceptors (Lipinski definition) is 3. The number of nitrogens with one attached hydrogen (secondary N) is 1. The first-order chi connectivity index (χ1) is 11.0. The van der Waals surface area contributed by atoms with Gasteiger partial charge in [0.25, 0.3) is 0 Å². The van der Waals surface area contributed by atoms with E-state index in [-0.39, 0.29) is 12.2 Å². The Balaban J connectivity index is 1.99. The lowest BCUT2D eigenvalue weighted by Crippen LogP contribution is -2.33. The molecule has 7 heteroatoms. The van der Waals surface area contributed by atoms with Crippen molar-refractivity contribution < 1.29 is 13.6 Å². The highest BCUT2D eigenvalue weighted by Crippen LogP contribution is 2.23. The summed E-state index contributed by atoms with van der Waals surface area (Å²) in [5.74, 6) is -1.68. The SMILES string of the molecule is C=CCN(CC(=O)Nc1cc(F)ccc1F)Cc1ccc(Br)s1. The number of nitrogens with zero attached hydrogens (tertiary/aromatic N) is 1. The average Bonchev–Trinajstić information content (AvgIpc) is 2.88. The van der Waals surface area contributed by atoms with E-state index in [1.807, 2.05) is 17.0 Å². The molecule has 0 aliphatic heterocycles. The first kappa shape index (κ1) is 17.8. The Kier molecular flexibility index (Phi) is 6.44. The van der Waals surface area contributed by atoms with Gasteiger partial charge in [-0.15, -0.1) is 17.9 Å². The van der Waals surface area contributed by atoms with Crippen LogP contribution in [0.15, 0.2) is 46.8 Å². The van der Waals surface area contributed by atoms with Crippen LogP contribution in [0.5, 0.6) is 0 Å². The highest BCUT2D eigenvalue weighted by atomic mass is 79.9. The lowest BCUT2D eigenvalue weighted by molar-refractivity contribution is -0.117. The Morgan fingerprint density at radius 1 is 1.35 bits per heavy atom. The third-order valence-electron chi connectivity index (χ3n) is 2.97. The number of anilines is 1. The van der Waals surface area contributed by atoms with Crippen molar-refractivity contribution in [2.24, 2.45) is 0 Å². The van der Waals surface area contributed by atoms with Crippen molar-refractivity contribution in [1.82, 2.24) is 4.90 Å². The number of carbonyl (C=O) groups is 1. The summed E-state index contributed by atoms with van der Waals surface area (Å²) in [5, 5.41) is 2.40. The molecule has 0 fully saturated rings. The van der Waals surface area contributed by atoms with Crippen molar-refractivity contribution in [3.63, 3.8) is 0 Å². The Hall–Kier alpha value is -1.57. The fraction of sp³-hybridized carbons (Fsp3) is 0.188. The molecule has 2 aromatic rings. The smallest absolute Gasteiger partial charge is 0.238 e. The van der Waals surface area contributed by atoms with Gasteiger partial charge in [0.15, 0.2) is 0 Å². The fourth-order valence-electron chi connectivity index (χ4n) is 2.01. The molecule has 122 valence electrons. The van der Waals surface area contributed by atoms with Crippen LogP contribution in [-0.2, 0) is 11.3 Å². The van der Waals surface area contributed by atoms with Crippen molar-refractivity contribution in [2.45, 2.75) is 6.54 Å². The summed E-state index contributed by atoms with van der Waals surface area (Å²) in [6.07, 6.45) is 1.69. The second-order valence-corrected chi connectivity index (χ2v) is 7.38. The molecule has 0 saturated heterocycles. The molecule has 1 N–H and O–H groups in total. The van der Waals surface area contributed by atoms with Gasteiger partial charge in [0.05, 0.1) is 16.0 Å².